The van der Waals surface area contributed by atoms with E-state index in [1.807, 2.05) is 44.0 Å². The summed E-state index contributed by atoms with van der Waals surface area (Å²) in [6.07, 6.45) is 7.68. The summed E-state index contributed by atoms with van der Waals surface area (Å²) in [5.74, 6) is 0. The third kappa shape index (κ3) is 4.10. The summed E-state index contributed by atoms with van der Waals surface area (Å²) in [5, 5.41) is 3.13. The molecule has 1 aliphatic rings. The molecule has 1 fully saturated rings. The van der Waals surface area contributed by atoms with Gasteiger partial charge in [-0.1, -0.05) is 18.2 Å². The average molecular weight is 266 g/mol. The predicted molar refractivity (Wildman–Crippen MR) is 78.2 cm³/mol. The first-order valence-corrected chi connectivity index (χ1v) is 6.94. The summed E-state index contributed by atoms with van der Waals surface area (Å²) in [5.41, 5.74) is 0.977. The quantitative estimate of drug-likeness (QED) is 0.752. The number of hydrogen-bond donors (Lipinski definition) is 1. The SMILES string of the molecule is C/C=C\C(=C/C)COC(=O)N1CC[C@@]1(C)CCNC. The lowest BCUT2D eigenvalue weighted by molar-refractivity contribution is -0.00517. The van der Waals surface area contributed by atoms with Crippen molar-refractivity contribution in [3.05, 3.63) is 23.8 Å². The summed E-state index contributed by atoms with van der Waals surface area (Å²) >= 11 is 0. The van der Waals surface area contributed by atoms with Gasteiger partial charge in [-0.3, -0.25) is 0 Å². The van der Waals surface area contributed by atoms with Crippen LogP contribution in [0.4, 0.5) is 4.79 Å². The van der Waals surface area contributed by atoms with Gasteiger partial charge in [-0.15, -0.1) is 0 Å². The first kappa shape index (κ1) is 15.8. The lowest BCUT2D eigenvalue weighted by Gasteiger charge is -2.50. The van der Waals surface area contributed by atoms with Gasteiger partial charge in [0.2, 0.25) is 0 Å². The summed E-state index contributed by atoms with van der Waals surface area (Å²) in [7, 11) is 1.93. The number of carbonyl (C=O) groups excluding carboxylic acids is 1. The molecule has 1 N–H and O–H groups in total. The molecule has 1 rings (SSSR count). The van der Waals surface area contributed by atoms with Crippen LogP contribution in [0.5, 0.6) is 0 Å². The molecule has 0 bridgehead atoms. The van der Waals surface area contributed by atoms with Gasteiger partial charge < -0.3 is 15.0 Å². The number of rotatable bonds is 6. The molecule has 1 saturated heterocycles. The number of carbonyl (C=O) groups is 1. The Kier molecular flexibility index (Phi) is 6.09. The van der Waals surface area contributed by atoms with Gasteiger partial charge in [0.25, 0.3) is 0 Å². The molecule has 19 heavy (non-hydrogen) atoms. The predicted octanol–water partition coefficient (Wildman–Crippen LogP) is 2.72. The molecule has 1 heterocycles. The van der Waals surface area contributed by atoms with E-state index in [-0.39, 0.29) is 11.6 Å². The number of allylic oxidation sites excluding steroid dienone is 2. The van der Waals surface area contributed by atoms with Gasteiger partial charge in [0.15, 0.2) is 0 Å². The summed E-state index contributed by atoms with van der Waals surface area (Å²) < 4.78 is 5.37. The average Bonchev–Trinajstić information content (AvgIpc) is 2.39. The Hall–Kier alpha value is -1.29. The van der Waals surface area contributed by atoms with Gasteiger partial charge in [-0.2, -0.15) is 0 Å². The molecule has 4 heteroatoms. The van der Waals surface area contributed by atoms with Crippen LogP contribution in [0, 0.1) is 0 Å². The van der Waals surface area contributed by atoms with E-state index >= 15 is 0 Å². The van der Waals surface area contributed by atoms with Crippen LogP contribution in [-0.4, -0.2) is 43.3 Å². The van der Waals surface area contributed by atoms with Crippen molar-refractivity contribution in [3.8, 4) is 0 Å². The van der Waals surface area contributed by atoms with E-state index < -0.39 is 0 Å². The Labute approximate surface area is 116 Å². The second kappa shape index (κ2) is 7.34. The number of ether oxygens (including phenoxy) is 1. The maximum atomic E-state index is 12.1. The number of amides is 1. The third-order valence-electron chi connectivity index (χ3n) is 3.77. The van der Waals surface area contributed by atoms with Crippen LogP contribution < -0.4 is 5.32 Å². The molecule has 0 spiro atoms. The Morgan fingerprint density at radius 3 is 2.68 bits per heavy atom. The molecule has 0 aliphatic carbocycles. The summed E-state index contributed by atoms with van der Waals surface area (Å²) in [6, 6.07) is 0. The highest BCUT2D eigenvalue weighted by Gasteiger charge is 2.43. The zero-order chi connectivity index (χ0) is 14.3. The van der Waals surface area contributed by atoms with E-state index in [1.54, 1.807) is 0 Å². The Balaban J connectivity index is 2.46. The second-order valence-corrected chi connectivity index (χ2v) is 5.17. The molecule has 1 amide bonds. The van der Waals surface area contributed by atoms with Crippen LogP contribution in [0.3, 0.4) is 0 Å². The van der Waals surface area contributed by atoms with Gasteiger partial charge in [0.1, 0.15) is 6.61 Å². The minimum atomic E-state index is -0.200. The highest BCUT2D eigenvalue weighted by molar-refractivity contribution is 5.70. The standard InChI is InChI=1S/C15H26N2O2/c1-5-7-13(6-2)12-19-14(18)17-11-9-15(17,3)8-10-16-4/h5-7,16H,8-12H2,1-4H3/b7-5-,13-6+/t15-/m1/s1. The lowest BCUT2D eigenvalue weighted by Crippen LogP contribution is -2.61. The van der Waals surface area contributed by atoms with E-state index in [4.69, 9.17) is 4.74 Å². The molecule has 0 radical (unpaired) electrons. The van der Waals surface area contributed by atoms with Crippen LogP contribution in [0.2, 0.25) is 0 Å². The van der Waals surface area contributed by atoms with Crippen molar-refractivity contribution in [1.29, 1.82) is 0 Å². The first-order chi connectivity index (χ1) is 9.07. The van der Waals surface area contributed by atoms with Crippen molar-refractivity contribution in [1.82, 2.24) is 10.2 Å². The number of hydrogen-bond acceptors (Lipinski definition) is 3. The fourth-order valence-electron chi connectivity index (χ4n) is 2.24. The van der Waals surface area contributed by atoms with Gasteiger partial charge >= 0.3 is 6.09 Å². The van der Waals surface area contributed by atoms with Crippen LogP contribution in [-0.2, 0) is 4.74 Å². The van der Waals surface area contributed by atoms with Crippen LogP contribution in [0.1, 0.15) is 33.6 Å². The Bertz CT molecular complexity index is 363. The van der Waals surface area contributed by atoms with Crippen LogP contribution >= 0.6 is 0 Å². The highest BCUT2D eigenvalue weighted by Crippen LogP contribution is 2.33. The van der Waals surface area contributed by atoms with Gasteiger partial charge in [-0.25, -0.2) is 4.79 Å². The third-order valence-corrected chi connectivity index (χ3v) is 3.77. The summed E-state index contributed by atoms with van der Waals surface area (Å²) in [4.78, 5) is 13.9. The topological polar surface area (TPSA) is 41.6 Å². The number of nitrogens with zero attached hydrogens (tertiary/aromatic N) is 1. The van der Waals surface area contributed by atoms with E-state index in [9.17, 15) is 4.79 Å². The zero-order valence-electron chi connectivity index (χ0n) is 12.5. The van der Waals surface area contributed by atoms with Crippen molar-refractivity contribution in [2.24, 2.45) is 0 Å². The fourth-order valence-corrected chi connectivity index (χ4v) is 2.24. The molecular weight excluding hydrogens is 240 g/mol. The fraction of sp³-hybridized carbons (Fsp3) is 0.667. The number of likely N-dealkylation sites (tertiary alicyclic amines) is 1. The zero-order valence-corrected chi connectivity index (χ0v) is 12.5. The molecule has 0 aromatic carbocycles. The molecule has 0 aromatic heterocycles. The van der Waals surface area contributed by atoms with Gasteiger partial charge in [0, 0.05) is 12.1 Å². The van der Waals surface area contributed by atoms with E-state index in [1.165, 1.54) is 0 Å². The Morgan fingerprint density at radius 1 is 1.47 bits per heavy atom. The molecule has 1 aliphatic heterocycles. The lowest BCUT2D eigenvalue weighted by atomic mass is 9.84. The largest absolute Gasteiger partial charge is 0.445 e. The Morgan fingerprint density at radius 2 is 2.21 bits per heavy atom. The monoisotopic (exact) mass is 266 g/mol. The van der Waals surface area contributed by atoms with Gasteiger partial charge in [0.05, 0.1) is 0 Å². The van der Waals surface area contributed by atoms with E-state index in [0.717, 1.165) is 31.5 Å². The molecule has 0 aromatic rings. The van der Waals surface area contributed by atoms with Crippen molar-refractivity contribution in [2.45, 2.75) is 39.2 Å². The maximum absolute atomic E-state index is 12.1. The van der Waals surface area contributed by atoms with Crippen LogP contribution in [0.15, 0.2) is 23.8 Å². The molecule has 0 saturated carbocycles. The van der Waals surface area contributed by atoms with E-state index in [0.29, 0.717) is 6.61 Å². The minimum absolute atomic E-state index is 0.0449. The first-order valence-electron chi connectivity index (χ1n) is 6.94. The maximum Gasteiger partial charge on any atom is 0.410 e. The van der Waals surface area contributed by atoms with E-state index in [2.05, 4.69) is 12.2 Å². The number of nitrogens with one attached hydrogen (secondary N) is 1. The van der Waals surface area contributed by atoms with Crippen LogP contribution in [0.25, 0.3) is 0 Å². The highest BCUT2D eigenvalue weighted by atomic mass is 16.6. The molecule has 108 valence electrons. The molecule has 1 atom stereocenters. The second-order valence-electron chi connectivity index (χ2n) is 5.17. The van der Waals surface area contributed by atoms with Crippen molar-refractivity contribution in [3.63, 3.8) is 0 Å². The molecule has 4 nitrogen and oxygen atoms in total. The summed E-state index contributed by atoms with van der Waals surface area (Å²) in [6.45, 7) is 8.09. The van der Waals surface area contributed by atoms with Gasteiger partial charge in [-0.05, 0) is 52.8 Å². The normalized spacial score (nSPS) is 23.6. The smallest absolute Gasteiger partial charge is 0.410 e. The van der Waals surface area contributed by atoms with Crippen molar-refractivity contribution in [2.75, 3.05) is 26.7 Å². The molecular formula is C15H26N2O2. The van der Waals surface area contributed by atoms with Crippen molar-refractivity contribution < 1.29 is 9.53 Å². The minimum Gasteiger partial charge on any atom is -0.445 e. The molecule has 0 unspecified atom stereocenters. The van der Waals surface area contributed by atoms with Crippen molar-refractivity contribution >= 4 is 6.09 Å².